The predicted octanol–water partition coefficient (Wildman–Crippen LogP) is 2.47. The van der Waals surface area contributed by atoms with Crippen molar-refractivity contribution in [1.82, 2.24) is 5.32 Å². The van der Waals surface area contributed by atoms with Crippen molar-refractivity contribution in [3.63, 3.8) is 0 Å². The number of hydrogen-bond acceptors (Lipinski definition) is 4. The lowest BCUT2D eigenvalue weighted by Crippen LogP contribution is -2.18. The van der Waals surface area contributed by atoms with Crippen LogP contribution in [0.5, 0.6) is 5.75 Å². The van der Waals surface area contributed by atoms with Gasteiger partial charge in [-0.3, -0.25) is 0 Å². The molecular weight excluding hydrogens is 254 g/mol. The Balaban J connectivity index is 2.15. The summed E-state index contributed by atoms with van der Waals surface area (Å²) < 4.78 is 16.1. The maximum absolute atomic E-state index is 5.62. The number of hydrogen-bond donors (Lipinski definition) is 1. The van der Waals surface area contributed by atoms with Gasteiger partial charge in [0, 0.05) is 26.8 Å². The van der Waals surface area contributed by atoms with E-state index in [1.807, 2.05) is 12.1 Å². The van der Waals surface area contributed by atoms with E-state index >= 15 is 0 Å². The molecule has 0 heterocycles. The third-order valence-electron chi connectivity index (χ3n) is 2.68. The monoisotopic (exact) mass is 281 g/mol. The van der Waals surface area contributed by atoms with Crippen molar-refractivity contribution < 1.29 is 14.2 Å². The number of rotatable bonds is 11. The third kappa shape index (κ3) is 8.15. The number of ether oxygens (including phenoxy) is 3. The van der Waals surface area contributed by atoms with Crippen molar-refractivity contribution in [3.8, 4) is 5.75 Å². The van der Waals surface area contributed by atoms with E-state index in [4.69, 9.17) is 14.2 Å². The van der Waals surface area contributed by atoms with Crippen LogP contribution in [0.4, 0.5) is 0 Å². The Morgan fingerprint density at radius 3 is 2.45 bits per heavy atom. The largest absolute Gasteiger partial charge is 0.491 e. The van der Waals surface area contributed by atoms with Gasteiger partial charge >= 0.3 is 0 Å². The van der Waals surface area contributed by atoms with Gasteiger partial charge in [0.05, 0.1) is 13.2 Å². The Morgan fingerprint density at radius 1 is 1.05 bits per heavy atom. The van der Waals surface area contributed by atoms with Crippen LogP contribution in [0.1, 0.15) is 19.4 Å². The Morgan fingerprint density at radius 2 is 1.80 bits per heavy atom. The molecule has 0 aliphatic rings. The lowest BCUT2D eigenvalue weighted by Gasteiger charge is -2.09. The molecule has 0 spiro atoms. The van der Waals surface area contributed by atoms with Gasteiger partial charge in [0.15, 0.2) is 0 Å². The standard InChI is InChI=1S/C16H27NO3/c1-14(2)13-19-10-11-20-16-6-4-15(5-7-16)12-17-8-9-18-3/h4-7,14,17H,8-13H2,1-3H3. The molecule has 0 radical (unpaired) electrons. The fraction of sp³-hybridized carbons (Fsp3) is 0.625. The summed E-state index contributed by atoms with van der Waals surface area (Å²) in [5, 5.41) is 3.31. The summed E-state index contributed by atoms with van der Waals surface area (Å²) in [6.07, 6.45) is 0. The molecule has 0 unspecified atom stereocenters. The van der Waals surface area contributed by atoms with Crippen LogP contribution in [0.25, 0.3) is 0 Å². The molecule has 0 aliphatic carbocycles. The molecular formula is C16H27NO3. The van der Waals surface area contributed by atoms with Crippen molar-refractivity contribution in [2.24, 2.45) is 5.92 Å². The van der Waals surface area contributed by atoms with Crippen LogP contribution in [0.2, 0.25) is 0 Å². The summed E-state index contributed by atoms with van der Waals surface area (Å²) in [7, 11) is 1.71. The number of methoxy groups -OCH3 is 1. The first-order valence-electron chi connectivity index (χ1n) is 7.21. The summed E-state index contributed by atoms with van der Waals surface area (Å²) in [6, 6.07) is 8.14. The molecule has 114 valence electrons. The van der Waals surface area contributed by atoms with Crippen molar-refractivity contribution in [1.29, 1.82) is 0 Å². The molecule has 4 heteroatoms. The van der Waals surface area contributed by atoms with Crippen molar-refractivity contribution in [2.75, 3.05) is 40.1 Å². The van der Waals surface area contributed by atoms with Crippen molar-refractivity contribution >= 4 is 0 Å². The summed E-state index contributed by atoms with van der Waals surface area (Å²) >= 11 is 0. The highest BCUT2D eigenvalue weighted by molar-refractivity contribution is 5.27. The highest BCUT2D eigenvalue weighted by Gasteiger charge is 1.97. The molecule has 0 atom stereocenters. The minimum absolute atomic E-state index is 0.569. The SMILES string of the molecule is COCCNCc1ccc(OCCOCC(C)C)cc1. The topological polar surface area (TPSA) is 39.7 Å². The molecule has 0 aliphatic heterocycles. The molecule has 1 N–H and O–H groups in total. The van der Waals surface area contributed by atoms with Crippen molar-refractivity contribution in [2.45, 2.75) is 20.4 Å². The maximum atomic E-state index is 5.62. The van der Waals surface area contributed by atoms with E-state index in [9.17, 15) is 0 Å². The Labute approximate surface area is 122 Å². The second kappa shape index (κ2) is 10.7. The molecule has 1 aromatic carbocycles. The van der Waals surface area contributed by atoms with Gasteiger partial charge in [-0.25, -0.2) is 0 Å². The second-order valence-corrected chi connectivity index (χ2v) is 5.13. The number of benzene rings is 1. The molecule has 4 nitrogen and oxygen atoms in total. The first-order valence-corrected chi connectivity index (χ1v) is 7.21. The fourth-order valence-corrected chi connectivity index (χ4v) is 1.65. The average Bonchev–Trinajstić information content (AvgIpc) is 2.44. The molecule has 0 saturated carbocycles. The molecule has 0 amide bonds. The lowest BCUT2D eigenvalue weighted by molar-refractivity contribution is 0.0819. The van der Waals surface area contributed by atoms with E-state index in [1.165, 1.54) is 5.56 Å². The number of nitrogens with one attached hydrogen (secondary N) is 1. The molecule has 0 bridgehead atoms. The Hall–Kier alpha value is -1.10. The highest BCUT2D eigenvalue weighted by atomic mass is 16.5. The van der Waals surface area contributed by atoms with Gasteiger partial charge in [-0.15, -0.1) is 0 Å². The quantitative estimate of drug-likeness (QED) is 0.633. The predicted molar refractivity (Wildman–Crippen MR) is 81.2 cm³/mol. The zero-order valence-corrected chi connectivity index (χ0v) is 12.9. The second-order valence-electron chi connectivity index (χ2n) is 5.13. The zero-order chi connectivity index (χ0) is 14.6. The van der Waals surface area contributed by atoms with Gasteiger partial charge < -0.3 is 19.5 Å². The summed E-state index contributed by atoms with van der Waals surface area (Å²) in [5.41, 5.74) is 1.24. The molecule has 0 saturated heterocycles. The van der Waals surface area contributed by atoms with Gasteiger partial charge in [0.2, 0.25) is 0 Å². The van der Waals surface area contributed by atoms with E-state index in [2.05, 4.69) is 31.3 Å². The smallest absolute Gasteiger partial charge is 0.119 e. The van der Waals surface area contributed by atoms with Crippen LogP contribution in [0.15, 0.2) is 24.3 Å². The summed E-state index contributed by atoms with van der Waals surface area (Å²) in [5.74, 6) is 1.46. The fourth-order valence-electron chi connectivity index (χ4n) is 1.65. The van der Waals surface area contributed by atoms with Crippen LogP contribution in [0, 0.1) is 5.92 Å². The first-order chi connectivity index (χ1) is 9.72. The minimum Gasteiger partial charge on any atom is -0.491 e. The lowest BCUT2D eigenvalue weighted by atomic mass is 10.2. The van der Waals surface area contributed by atoms with Crippen LogP contribution in [-0.2, 0) is 16.0 Å². The zero-order valence-electron chi connectivity index (χ0n) is 12.9. The van der Waals surface area contributed by atoms with Crippen LogP contribution < -0.4 is 10.1 Å². The third-order valence-corrected chi connectivity index (χ3v) is 2.68. The van der Waals surface area contributed by atoms with E-state index in [0.29, 0.717) is 19.1 Å². The average molecular weight is 281 g/mol. The highest BCUT2D eigenvalue weighted by Crippen LogP contribution is 2.12. The summed E-state index contributed by atoms with van der Waals surface area (Å²) in [4.78, 5) is 0. The van der Waals surface area contributed by atoms with E-state index in [0.717, 1.165) is 32.1 Å². The van der Waals surface area contributed by atoms with E-state index < -0.39 is 0 Å². The molecule has 0 fully saturated rings. The van der Waals surface area contributed by atoms with E-state index in [1.54, 1.807) is 7.11 Å². The van der Waals surface area contributed by atoms with E-state index in [-0.39, 0.29) is 0 Å². The minimum atomic E-state index is 0.569. The Bertz CT molecular complexity index is 338. The molecule has 20 heavy (non-hydrogen) atoms. The molecule has 1 aromatic rings. The Kier molecular flexibility index (Phi) is 9.04. The van der Waals surface area contributed by atoms with Crippen LogP contribution in [-0.4, -0.2) is 40.1 Å². The van der Waals surface area contributed by atoms with Crippen LogP contribution in [0.3, 0.4) is 0 Å². The van der Waals surface area contributed by atoms with Gasteiger partial charge in [-0.05, 0) is 23.6 Å². The van der Waals surface area contributed by atoms with Gasteiger partial charge in [0.25, 0.3) is 0 Å². The summed E-state index contributed by atoms with van der Waals surface area (Å²) in [6.45, 7) is 8.74. The van der Waals surface area contributed by atoms with Gasteiger partial charge in [-0.2, -0.15) is 0 Å². The molecule has 0 aromatic heterocycles. The van der Waals surface area contributed by atoms with Crippen LogP contribution >= 0.6 is 0 Å². The molecule has 1 rings (SSSR count). The normalized spacial score (nSPS) is 11.0. The van der Waals surface area contributed by atoms with Gasteiger partial charge in [0.1, 0.15) is 12.4 Å². The maximum Gasteiger partial charge on any atom is 0.119 e. The van der Waals surface area contributed by atoms with Crippen molar-refractivity contribution in [3.05, 3.63) is 29.8 Å². The van der Waals surface area contributed by atoms with Gasteiger partial charge in [-0.1, -0.05) is 26.0 Å². The first kappa shape index (κ1) is 17.0.